The monoisotopic (exact) mass is 280 g/mol. The van der Waals surface area contributed by atoms with Crippen molar-refractivity contribution < 1.29 is 9.53 Å². The zero-order chi connectivity index (χ0) is 15.0. The quantitative estimate of drug-likeness (QED) is 0.578. The van der Waals surface area contributed by atoms with Crippen LogP contribution in [0.3, 0.4) is 0 Å². The molecule has 1 N–H and O–H groups in total. The summed E-state index contributed by atoms with van der Waals surface area (Å²) in [5.74, 6) is 0.210. The highest BCUT2D eigenvalue weighted by atomic mass is 16.5. The molecule has 1 aromatic heterocycles. The number of ether oxygens (including phenoxy) is 1. The molecule has 0 fully saturated rings. The van der Waals surface area contributed by atoms with Gasteiger partial charge in [-0.15, -0.1) is 0 Å². The second-order valence-electron chi connectivity index (χ2n) is 4.97. The second-order valence-corrected chi connectivity index (χ2v) is 4.97. The second kappa shape index (κ2) is 8.47. The van der Waals surface area contributed by atoms with Crippen molar-refractivity contribution in [2.45, 2.75) is 32.7 Å². The molecule has 0 bridgehead atoms. The van der Waals surface area contributed by atoms with E-state index in [2.05, 4.69) is 45.8 Å². The Hall–Kier alpha value is -1.69. The summed E-state index contributed by atoms with van der Waals surface area (Å²) in [6.07, 6.45) is 3.72. The van der Waals surface area contributed by atoms with E-state index < -0.39 is 5.97 Å². The van der Waals surface area contributed by atoms with Crippen LogP contribution in [0.25, 0.3) is 0 Å². The number of carbonyl (C=O) groups is 1. The summed E-state index contributed by atoms with van der Waals surface area (Å²) in [4.78, 5) is 21.6. The van der Waals surface area contributed by atoms with Crippen LogP contribution in [0.15, 0.2) is 12.3 Å². The fourth-order valence-corrected chi connectivity index (χ4v) is 1.61. The number of aromatic nitrogens is 2. The first-order valence-electron chi connectivity index (χ1n) is 6.90. The van der Waals surface area contributed by atoms with Crippen LogP contribution in [0.1, 0.15) is 37.3 Å². The van der Waals surface area contributed by atoms with Crippen molar-refractivity contribution in [1.82, 2.24) is 14.9 Å². The Morgan fingerprint density at radius 2 is 2.20 bits per heavy atom. The molecule has 1 rings (SSSR count). The van der Waals surface area contributed by atoms with Gasteiger partial charge in [0.05, 0.1) is 7.11 Å². The lowest BCUT2D eigenvalue weighted by Crippen LogP contribution is -2.27. The number of hydrogen-bond acceptors (Lipinski definition) is 6. The molecule has 0 saturated carbocycles. The maximum Gasteiger partial charge on any atom is 0.376 e. The van der Waals surface area contributed by atoms with Crippen LogP contribution >= 0.6 is 0 Å². The first-order valence-corrected chi connectivity index (χ1v) is 6.90. The van der Waals surface area contributed by atoms with Crippen LogP contribution in [0.2, 0.25) is 0 Å². The third-order valence-electron chi connectivity index (χ3n) is 3.15. The van der Waals surface area contributed by atoms with Gasteiger partial charge in [0.15, 0.2) is 0 Å². The molecular formula is C14H24N4O2. The summed E-state index contributed by atoms with van der Waals surface area (Å²) in [6.45, 7) is 6.28. The van der Waals surface area contributed by atoms with Gasteiger partial charge in [0, 0.05) is 18.8 Å². The van der Waals surface area contributed by atoms with Gasteiger partial charge in [-0.2, -0.15) is 0 Å². The molecule has 6 heteroatoms. The first-order chi connectivity index (χ1) is 9.54. The Labute approximate surface area is 120 Å². The molecule has 0 atom stereocenters. The Balaban J connectivity index is 2.30. The molecule has 0 unspecified atom stereocenters. The number of hydrogen-bond donors (Lipinski definition) is 1. The van der Waals surface area contributed by atoms with E-state index in [1.54, 1.807) is 12.3 Å². The van der Waals surface area contributed by atoms with Crippen LogP contribution in [-0.2, 0) is 4.74 Å². The van der Waals surface area contributed by atoms with Gasteiger partial charge in [0.25, 0.3) is 0 Å². The lowest BCUT2D eigenvalue weighted by Gasteiger charge is -2.20. The predicted octanol–water partition coefficient (Wildman–Crippen LogP) is 1.80. The summed E-state index contributed by atoms with van der Waals surface area (Å²) in [6, 6.07) is 2.32. The van der Waals surface area contributed by atoms with Crippen LogP contribution in [0, 0.1) is 0 Å². The zero-order valence-corrected chi connectivity index (χ0v) is 12.7. The van der Waals surface area contributed by atoms with Crippen molar-refractivity contribution >= 4 is 11.8 Å². The Bertz CT molecular complexity index is 423. The number of nitrogens with one attached hydrogen (secondary N) is 1. The van der Waals surface area contributed by atoms with Gasteiger partial charge in [-0.05, 0) is 46.3 Å². The molecule has 0 aliphatic rings. The Kier molecular flexibility index (Phi) is 6.93. The molecule has 0 aliphatic heterocycles. The highest BCUT2D eigenvalue weighted by Crippen LogP contribution is 2.04. The SMILES string of the molecule is COC(=O)c1nccc(NCCCCN(C)C(C)C)n1. The van der Waals surface area contributed by atoms with E-state index in [-0.39, 0.29) is 5.82 Å². The molecule has 0 saturated heterocycles. The van der Waals surface area contributed by atoms with E-state index in [9.17, 15) is 4.79 Å². The summed E-state index contributed by atoms with van der Waals surface area (Å²) in [5, 5.41) is 3.19. The molecule has 0 aliphatic carbocycles. The van der Waals surface area contributed by atoms with E-state index in [1.165, 1.54) is 7.11 Å². The number of carbonyl (C=O) groups excluding carboxylic acids is 1. The zero-order valence-electron chi connectivity index (χ0n) is 12.7. The van der Waals surface area contributed by atoms with Crippen molar-refractivity contribution in [3.63, 3.8) is 0 Å². The van der Waals surface area contributed by atoms with Gasteiger partial charge in [-0.3, -0.25) is 0 Å². The minimum Gasteiger partial charge on any atom is -0.463 e. The molecule has 20 heavy (non-hydrogen) atoms. The van der Waals surface area contributed by atoms with Crippen molar-refractivity contribution in [2.24, 2.45) is 0 Å². The van der Waals surface area contributed by atoms with E-state index in [0.29, 0.717) is 11.9 Å². The topological polar surface area (TPSA) is 67.3 Å². The molecule has 1 heterocycles. The van der Waals surface area contributed by atoms with Gasteiger partial charge >= 0.3 is 5.97 Å². The van der Waals surface area contributed by atoms with E-state index in [4.69, 9.17) is 0 Å². The van der Waals surface area contributed by atoms with Crippen molar-refractivity contribution in [1.29, 1.82) is 0 Å². The van der Waals surface area contributed by atoms with Crippen LogP contribution in [0.5, 0.6) is 0 Å². The largest absolute Gasteiger partial charge is 0.463 e. The number of unbranched alkanes of at least 4 members (excludes halogenated alkanes) is 1. The molecule has 1 aromatic rings. The van der Waals surface area contributed by atoms with Gasteiger partial charge in [0.1, 0.15) is 5.82 Å². The molecule has 112 valence electrons. The molecule has 0 amide bonds. The number of methoxy groups -OCH3 is 1. The molecular weight excluding hydrogens is 256 g/mol. The molecule has 0 spiro atoms. The number of rotatable bonds is 8. The van der Waals surface area contributed by atoms with Crippen LogP contribution in [-0.4, -0.2) is 54.1 Å². The minimum absolute atomic E-state index is 0.0806. The number of anilines is 1. The summed E-state index contributed by atoms with van der Waals surface area (Å²) in [5.41, 5.74) is 0. The third-order valence-corrected chi connectivity index (χ3v) is 3.15. The number of nitrogens with zero attached hydrogens (tertiary/aromatic N) is 3. The first kappa shape index (κ1) is 16.4. The summed E-state index contributed by atoms with van der Waals surface area (Å²) in [7, 11) is 3.45. The molecule has 6 nitrogen and oxygen atoms in total. The average molecular weight is 280 g/mol. The fourth-order valence-electron chi connectivity index (χ4n) is 1.61. The van der Waals surface area contributed by atoms with Gasteiger partial charge in [-0.1, -0.05) is 0 Å². The van der Waals surface area contributed by atoms with Gasteiger partial charge < -0.3 is 15.0 Å². The maximum atomic E-state index is 11.3. The highest BCUT2D eigenvalue weighted by Gasteiger charge is 2.09. The van der Waals surface area contributed by atoms with E-state index in [0.717, 1.165) is 25.9 Å². The highest BCUT2D eigenvalue weighted by molar-refractivity contribution is 5.85. The smallest absolute Gasteiger partial charge is 0.376 e. The van der Waals surface area contributed by atoms with Crippen molar-refractivity contribution in [2.75, 3.05) is 32.6 Å². The van der Waals surface area contributed by atoms with Crippen LogP contribution in [0.4, 0.5) is 5.82 Å². The van der Waals surface area contributed by atoms with Crippen molar-refractivity contribution in [3.8, 4) is 0 Å². The normalized spacial score (nSPS) is 10.9. The Morgan fingerprint density at radius 1 is 1.45 bits per heavy atom. The Morgan fingerprint density at radius 3 is 2.85 bits per heavy atom. The third kappa shape index (κ3) is 5.52. The fraction of sp³-hybridized carbons (Fsp3) is 0.643. The maximum absolute atomic E-state index is 11.3. The minimum atomic E-state index is -0.521. The average Bonchev–Trinajstić information content (AvgIpc) is 2.46. The van der Waals surface area contributed by atoms with E-state index >= 15 is 0 Å². The lowest BCUT2D eigenvalue weighted by atomic mass is 10.2. The number of esters is 1. The molecule has 0 radical (unpaired) electrons. The standard InChI is InChI=1S/C14H24N4O2/c1-11(2)18(3)10-6-5-8-15-12-7-9-16-13(17-12)14(19)20-4/h7,9,11H,5-6,8,10H2,1-4H3,(H,15,16,17). The van der Waals surface area contributed by atoms with E-state index in [1.807, 2.05) is 0 Å². The molecule has 0 aromatic carbocycles. The summed E-state index contributed by atoms with van der Waals surface area (Å²) >= 11 is 0. The van der Waals surface area contributed by atoms with Crippen LogP contribution < -0.4 is 5.32 Å². The lowest BCUT2D eigenvalue weighted by molar-refractivity contribution is 0.0587. The van der Waals surface area contributed by atoms with Crippen molar-refractivity contribution in [3.05, 3.63) is 18.1 Å². The predicted molar refractivity (Wildman–Crippen MR) is 78.9 cm³/mol. The summed E-state index contributed by atoms with van der Waals surface area (Å²) < 4.78 is 4.59. The van der Waals surface area contributed by atoms with Gasteiger partial charge in [-0.25, -0.2) is 14.8 Å². The van der Waals surface area contributed by atoms with Gasteiger partial charge in [0.2, 0.25) is 5.82 Å².